The molecule has 0 atom stereocenters. The van der Waals surface area contributed by atoms with Gasteiger partial charge in [-0.05, 0) is 49.4 Å². The highest BCUT2D eigenvalue weighted by Gasteiger charge is 2.14. The minimum absolute atomic E-state index is 0.139. The fraction of sp³-hybridized carbons (Fsp3) is 0.385. The van der Waals surface area contributed by atoms with Gasteiger partial charge in [0.25, 0.3) is 0 Å². The zero-order valence-corrected chi connectivity index (χ0v) is 20.2. The van der Waals surface area contributed by atoms with E-state index in [1.807, 2.05) is 19.1 Å². The number of carbonyl (C=O) groups excluding carboxylic acids is 1. The van der Waals surface area contributed by atoms with Gasteiger partial charge in [0, 0.05) is 69.6 Å². The second-order valence-corrected chi connectivity index (χ2v) is 8.81. The van der Waals surface area contributed by atoms with E-state index >= 15 is 0 Å². The van der Waals surface area contributed by atoms with Crippen LogP contribution >= 0.6 is 0 Å². The van der Waals surface area contributed by atoms with E-state index in [1.54, 1.807) is 30.7 Å². The molecule has 0 bridgehead atoms. The van der Waals surface area contributed by atoms with Crippen molar-refractivity contribution >= 4 is 5.91 Å². The van der Waals surface area contributed by atoms with Crippen LogP contribution < -0.4 is 10.1 Å². The molecule has 0 unspecified atom stereocenters. The molecule has 1 N–H and O–H groups in total. The first-order chi connectivity index (χ1) is 17.0. The van der Waals surface area contributed by atoms with Crippen molar-refractivity contribution in [1.29, 1.82) is 0 Å². The van der Waals surface area contributed by atoms with Crippen molar-refractivity contribution in [2.45, 2.75) is 19.9 Å². The average Bonchev–Trinajstić information content (AvgIpc) is 2.85. The Kier molecular flexibility index (Phi) is 8.33. The number of aromatic nitrogens is 3. The van der Waals surface area contributed by atoms with Crippen molar-refractivity contribution < 1.29 is 13.9 Å². The molecular formula is C26H31FN6O2. The van der Waals surface area contributed by atoms with Crippen molar-refractivity contribution in [3.8, 4) is 17.1 Å². The largest absolute Gasteiger partial charge is 0.492 e. The van der Waals surface area contributed by atoms with E-state index in [0.29, 0.717) is 30.0 Å². The van der Waals surface area contributed by atoms with E-state index in [4.69, 9.17) is 4.74 Å². The number of halogens is 1. The quantitative estimate of drug-likeness (QED) is 0.506. The third kappa shape index (κ3) is 7.27. The molecule has 0 radical (unpaired) electrons. The van der Waals surface area contributed by atoms with Gasteiger partial charge in [0.1, 0.15) is 18.2 Å². The van der Waals surface area contributed by atoms with Gasteiger partial charge in [0.2, 0.25) is 5.91 Å². The number of nitrogens with zero attached hydrogens (tertiary/aromatic N) is 5. The molecule has 8 nitrogen and oxygen atoms in total. The molecule has 1 aromatic carbocycles. The van der Waals surface area contributed by atoms with Crippen LogP contribution in [0.2, 0.25) is 0 Å². The molecule has 1 saturated heterocycles. The lowest BCUT2D eigenvalue weighted by atomic mass is 10.1. The third-order valence-electron chi connectivity index (χ3n) is 5.97. The van der Waals surface area contributed by atoms with E-state index < -0.39 is 5.82 Å². The topological polar surface area (TPSA) is 83.5 Å². The van der Waals surface area contributed by atoms with Gasteiger partial charge < -0.3 is 15.0 Å². The van der Waals surface area contributed by atoms with Gasteiger partial charge in [-0.25, -0.2) is 14.4 Å². The highest BCUT2D eigenvalue weighted by atomic mass is 19.1. The molecule has 1 fully saturated rings. The molecule has 1 aliphatic heterocycles. The number of likely N-dealkylation sites (N-methyl/N-ethyl adjacent to an activating group) is 1. The summed E-state index contributed by atoms with van der Waals surface area (Å²) in [4.78, 5) is 29.6. The van der Waals surface area contributed by atoms with Crippen molar-refractivity contribution in [1.82, 2.24) is 30.1 Å². The van der Waals surface area contributed by atoms with Gasteiger partial charge >= 0.3 is 0 Å². The second-order valence-electron chi connectivity index (χ2n) is 8.81. The monoisotopic (exact) mass is 478 g/mol. The Morgan fingerprint density at radius 2 is 1.83 bits per heavy atom. The van der Waals surface area contributed by atoms with Crippen molar-refractivity contribution in [3.63, 3.8) is 0 Å². The van der Waals surface area contributed by atoms with Crippen LogP contribution in [-0.4, -0.2) is 77.0 Å². The minimum atomic E-state index is -0.444. The first-order valence-electron chi connectivity index (χ1n) is 11.8. The molecule has 3 aromatic rings. The van der Waals surface area contributed by atoms with Crippen LogP contribution in [0.4, 0.5) is 4.39 Å². The molecule has 1 aliphatic rings. The Balaban J connectivity index is 1.26. The summed E-state index contributed by atoms with van der Waals surface area (Å²) in [7, 11) is 2.12. The molecule has 0 aliphatic carbocycles. The van der Waals surface area contributed by atoms with Gasteiger partial charge in [-0.1, -0.05) is 0 Å². The molecule has 4 rings (SSSR count). The number of ether oxygens (including phenoxy) is 1. The molecule has 35 heavy (non-hydrogen) atoms. The Morgan fingerprint density at radius 1 is 1.06 bits per heavy atom. The summed E-state index contributed by atoms with van der Waals surface area (Å²) in [6.45, 7) is 7.81. The molecule has 0 spiro atoms. The Bertz CT molecular complexity index is 1130. The van der Waals surface area contributed by atoms with Gasteiger partial charge in [0.15, 0.2) is 5.82 Å². The fourth-order valence-corrected chi connectivity index (χ4v) is 3.88. The number of benzene rings is 1. The number of aryl methyl sites for hydroxylation is 1. The number of nitrogens with one attached hydrogen (secondary N) is 1. The number of hydrogen-bond donors (Lipinski definition) is 1. The summed E-state index contributed by atoms with van der Waals surface area (Å²) in [5, 5.41) is 2.87. The molecule has 184 valence electrons. The number of pyridine rings is 1. The average molecular weight is 479 g/mol. The Hall–Kier alpha value is -3.43. The summed E-state index contributed by atoms with van der Waals surface area (Å²) >= 11 is 0. The van der Waals surface area contributed by atoms with Crippen LogP contribution in [0.25, 0.3) is 11.4 Å². The van der Waals surface area contributed by atoms with Crippen LogP contribution in [0.15, 0.2) is 48.9 Å². The third-order valence-corrected chi connectivity index (χ3v) is 5.97. The summed E-state index contributed by atoms with van der Waals surface area (Å²) in [6.07, 6.45) is 4.97. The number of carbonyl (C=O) groups is 1. The first kappa shape index (κ1) is 24.7. The summed E-state index contributed by atoms with van der Waals surface area (Å²) < 4.78 is 20.5. The zero-order chi connectivity index (χ0) is 24.6. The lowest BCUT2D eigenvalue weighted by molar-refractivity contribution is -0.120. The molecule has 3 heterocycles. The smallest absolute Gasteiger partial charge is 0.224 e. The predicted molar refractivity (Wildman–Crippen MR) is 131 cm³/mol. The van der Waals surface area contributed by atoms with E-state index in [1.165, 1.54) is 6.07 Å². The van der Waals surface area contributed by atoms with Crippen LogP contribution in [0.3, 0.4) is 0 Å². The van der Waals surface area contributed by atoms with E-state index in [0.717, 1.165) is 44.0 Å². The van der Waals surface area contributed by atoms with Crippen LogP contribution in [0.5, 0.6) is 5.75 Å². The van der Waals surface area contributed by atoms with Crippen molar-refractivity contribution in [2.75, 3.05) is 46.4 Å². The molecule has 9 heteroatoms. The normalized spacial score (nSPS) is 14.6. The number of piperazine rings is 1. The van der Waals surface area contributed by atoms with Gasteiger partial charge in [0.05, 0.1) is 12.0 Å². The van der Waals surface area contributed by atoms with Gasteiger partial charge in [-0.15, -0.1) is 0 Å². The Morgan fingerprint density at radius 3 is 2.54 bits per heavy atom. The van der Waals surface area contributed by atoms with E-state index in [2.05, 4.69) is 37.1 Å². The SMILES string of the molecule is Cc1cc(CNC(=O)Cc2cnc(-c3ccc(OCCN4CCN(C)CC4)cc3F)nc2)ccn1. The van der Waals surface area contributed by atoms with E-state index in [-0.39, 0.29) is 18.2 Å². The highest BCUT2D eigenvalue weighted by molar-refractivity contribution is 5.78. The summed E-state index contributed by atoms with van der Waals surface area (Å²) in [5.41, 5.74) is 2.83. The molecular weight excluding hydrogens is 447 g/mol. The fourth-order valence-electron chi connectivity index (χ4n) is 3.88. The van der Waals surface area contributed by atoms with Crippen LogP contribution in [0, 0.1) is 12.7 Å². The second kappa shape index (κ2) is 11.8. The first-order valence-corrected chi connectivity index (χ1v) is 11.8. The number of amides is 1. The molecule has 2 aromatic heterocycles. The molecule has 0 saturated carbocycles. The summed E-state index contributed by atoms with van der Waals surface area (Å²) in [5.74, 6) is 0.168. The minimum Gasteiger partial charge on any atom is -0.492 e. The number of rotatable bonds is 9. The van der Waals surface area contributed by atoms with Crippen molar-refractivity contribution in [2.24, 2.45) is 0 Å². The van der Waals surface area contributed by atoms with Gasteiger partial charge in [-0.2, -0.15) is 0 Å². The van der Waals surface area contributed by atoms with E-state index in [9.17, 15) is 9.18 Å². The Labute approximate surface area is 205 Å². The lowest BCUT2D eigenvalue weighted by Crippen LogP contribution is -2.45. The van der Waals surface area contributed by atoms with Crippen LogP contribution in [0.1, 0.15) is 16.8 Å². The van der Waals surface area contributed by atoms with Gasteiger partial charge in [-0.3, -0.25) is 14.7 Å². The maximum absolute atomic E-state index is 14.7. The highest BCUT2D eigenvalue weighted by Crippen LogP contribution is 2.23. The molecule has 1 amide bonds. The lowest BCUT2D eigenvalue weighted by Gasteiger charge is -2.32. The maximum Gasteiger partial charge on any atom is 0.224 e. The summed E-state index contributed by atoms with van der Waals surface area (Å²) in [6, 6.07) is 8.51. The predicted octanol–water partition coefficient (Wildman–Crippen LogP) is 2.47. The van der Waals surface area contributed by atoms with Crippen LogP contribution in [-0.2, 0) is 17.8 Å². The maximum atomic E-state index is 14.7. The van der Waals surface area contributed by atoms with Crippen molar-refractivity contribution in [3.05, 3.63) is 71.6 Å². The standard InChI is InChI=1S/C26H31FN6O2/c1-19-13-20(5-6-28-19)16-29-25(34)14-21-17-30-26(31-18-21)23-4-3-22(15-24(23)27)35-12-11-33-9-7-32(2)8-10-33/h3-6,13,15,17-18H,7-12,14,16H2,1-2H3,(H,29,34). The number of hydrogen-bond acceptors (Lipinski definition) is 7. The zero-order valence-electron chi connectivity index (χ0n) is 20.2.